The molecule has 0 atom stereocenters. The van der Waals surface area contributed by atoms with Crippen molar-refractivity contribution in [3.05, 3.63) is 37.9 Å². The predicted octanol–water partition coefficient (Wildman–Crippen LogP) is 0.699. The number of hydrogen-bond acceptors (Lipinski definition) is 8. The van der Waals surface area contributed by atoms with E-state index in [1.807, 2.05) is 0 Å². The fraction of sp³-hybridized carbons (Fsp3) is 0.417. The van der Waals surface area contributed by atoms with Crippen molar-refractivity contribution in [3.8, 4) is 0 Å². The van der Waals surface area contributed by atoms with Crippen molar-refractivity contribution < 1.29 is 19.4 Å². The third kappa shape index (κ3) is 2.96. The van der Waals surface area contributed by atoms with Crippen molar-refractivity contribution in [2.45, 2.75) is 0 Å². The minimum atomic E-state index is -0.863. The zero-order valence-electron chi connectivity index (χ0n) is 11.8. The smallest absolute Gasteiger partial charge is 0.338 e. The van der Waals surface area contributed by atoms with Crippen LogP contribution in [-0.4, -0.2) is 49.1 Å². The Hall–Kier alpha value is -2.75. The highest BCUT2D eigenvalue weighted by atomic mass is 16.6. The first kappa shape index (κ1) is 15.6. The van der Waals surface area contributed by atoms with Crippen LogP contribution in [-0.2, 0) is 4.74 Å². The van der Waals surface area contributed by atoms with Gasteiger partial charge >= 0.3 is 17.3 Å². The van der Waals surface area contributed by atoms with Crippen LogP contribution in [0, 0.1) is 20.2 Å². The van der Waals surface area contributed by atoms with Gasteiger partial charge in [-0.05, 0) is 0 Å². The summed E-state index contributed by atoms with van der Waals surface area (Å²) in [6, 6.07) is 2.02. The standard InChI is InChI=1S/C12H14N4O6/c1-22-12(17)8-6-9(15(18)19)11(10(7-8)16(20)21)14-4-2-13-3-5-14/h6-7,13H,2-5H2,1H3. The number of nitro groups is 2. The van der Waals surface area contributed by atoms with Crippen LogP contribution < -0.4 is 10.2 Å². The van der Waals surface area contributed by atoms with E-state index < -0.39 is 27.2 Å². The van der Waals surface area contributed by atoms with Gasteiger partial charge in [0.1, 0.15) is 0 Å². The van der Waals surface area contributed by atoms with Crippen molar-refractivity contribution >= 4 is 23.0 Å². The Kier molecular flexibility index (Phi) is 4.51. The summed E-state index contributed by atoms with van der Waals surface area (Å²) in [5.74, 6) is -0.863. The summed E-state index contributed by atoms with van der Waals surface area (Å²) in [5, 5.41) is 25.6. The number of methoxy groups -OCH3 is 1. The molecule has 0 aliphatic carbocycles. The molecule has 0 spiro atoms. The molecular formula is C12H14N4O6. The van der Waals surface area contributed by atoms with E-state index in [2.05, 4.69) is 10.1 Å². The molecule has 0 aromatic heterocycles. The second-order valence-corrected chi connectivity index (χ2v) is 4.61. The van der Waals surface area contributed by atoms with E-state index in [0.29, 0.717) is 26.2 Å². The first-order valence-corrected chi connectivity index (χ1v) is 6.46. The van der Waals surface area contributed by atoms with Crippen LogP contribution in [0.4, 0.5) is 17.1 Å². The van der Waals surface area contributed by atoms with Crippen LogP contribution in [0.1, 0.15) is 10.4 Å². The summed E-state index contributed by atoms with van der Waals surface area (Å²) in [7, 11) is 1.10. The topological polar surface area (TPSA) is 128 Å². The molecule has 1 fully saturated rings. The van der Waals surface area contributed by atoms with Crippen molar-refractivity contribution in [2.75, 3.05) is 38.2 Å². The SMILES string of the molecule is COC(=O)c1cc([N+](=O)[O-])c(N2CCNCC2)c([N+](=O)[O-])c1. The highest BCUT2D eigenvalue weighted by Crippen LogP contribution is 2.39. The third-order valence-electron chi connectivity index (χ3n) is 3.32. The number of hydrogen-bond donors (Lipinski definition) is 1. The molecule has 1 aromatic carbocycles. The summed E-state index contributed by atoms with van der Waals surface area (Å²) in [6.45, 7) is 1.93. The van der Waals surface area contributed by atoms with E-state index in [1.165, 1.54) is 0 Å². The quantitative estimate of drug-likeness (QED) is 0.489. The van der Waals surface area contributed by atoms with E-state index in [4.69, 9.17) is 0 Å². The van der Waals surface area contributed by atoms with Crippen molar-refractivity contribution in [2.24, 2.45) is 0 Å². The molecule has 0 unspecified atom stereocenters. The zero-order chi connectivity index (χ0) is 16.3. The number of anilines is 1. The van der Waals surface area contributed by atoms with E-state index in [-0.39, 0.29) is 11.3 Å². The van der Waals surface area contributed by atoms with Gasteiger partial charge < -0.3 is 15.0 Å². The van der Waals surface area contributed by atoms with Gasteiger partial charge in [0.15, 0.2) is 5.69 Å². The number of benzene rings is 1. The molecule has 1 saturated heterocycles. The van der Waals surface area contributed by atoms with E-state index in [1.54, 1.807) is 4.90 Å². The van der Waals surface area contributed by atoms with E-state index >= 15 is 0 Å². The van der Waals surface area contributed by atoms with Gasteiger partial charge in [0.2, 0.25) is 0 Å². The van der Waals surface area contributed by atoms with E-state index in [0.717, 1.165) is 19.2 Å². The predicted molar refractivity (Wildman–Crippen MR) is 76.2 cm³/mol. The molecular weight excluding hydrogens is 296 g/mol. The second kappa shape index (κ2) is 6.35. The number of nitro benzene ring substituents is 2. The Bertz CT molecular complexity index is 591. The Labute approximate surface area is 125 Å². The number of nitrogens with one attached hydrogen (secondary N) is 1. The van der Waals surface area contributed by atoms with Crippen molar-refractivity contribution in [1.29, 1.82) is 0 Å². The molecule has 0 radical (unpaired) electrons. The molecule has 1 aromatic rings. The summed E-state index contributed by atoms with van der Waals surface area (Å²) in [6.07, 6.45) is 0. The molecule has 1 N–H and O–H groups in total. The fourth-order valence-electron chi connectivity index (χ4n) is 2.33. The average Bonchev–Trinajstić information content (AvgIpc) is 2.53. The first-order chi connectivity index (χ1) is 10.5. The molecule has 1 aliphatic heterocycles. The maximum atomic E-state index is 11.6. The monoisotopic (exact) mass is 310 g/mol. The van der Waals surface area contributed by atoms with Crippen LogP contribution in [0.3, 0.4) is 0 Å². The van der Waals surface area contributed by atoms with Crippen LogP contribution in [0.2, 0.25) is 0 Å². The minimum absolute atomic E-state index is 0.0795. The summed E-state index contributed by atoms with van der Waals surface area (Å²) < 4.78 is 4.48. The molecule has 1 heterocycles. The van der Waals surface area contributed by atoms with Crippen molar-refractivity contribution in [1.82, 2.24) is 5.32 Å². The van der Waals surface area contributed by atoms with Gasteiger partial charge in [-0.1, -0.05) is 0 Å². The number of piperazine rings is 1. The van der Waals surface area contributed by atoms with Gasteiger partial charge in [-0.15, -0.1) is 0 Å². The second-order valence-electron chi connectivity index (χ2n) is 4.61. The minimum Gasteiger partial charge on any atom is -0.465 e. The lowest BCUT2D eigenvalue weighted by molar-refractivity contribution is -0.392. The number of esters is 1. The first-order valence-electron chi connectivity index (χ1n) is 6.46. The molecule has 0 amide bonds. The molecule has 118 valence electrons. The molecule has 0 bridgehead atoms. The largest absolute Gasteiger partial charge is 0.465 e. The highest BCUT2D eigenvalue weighted by Gasteiger charge is 2.33. The van der Waals surface area contributed by atoms with Crippen LogP contribution in [0.15, 0.2) is 12.1 Å². The average molecular weight is 310 g/mol. The van der Waals surface area contributed by atoms with Crippen LogP contribution >= 0.6 is 0 Å². The number of carbonyl (C=O) groups is 1. The summed E-state index contributed by atoms with van der Waals surface area (Å²) in [4.78, 5) is 34.3. The summed E-state index contributed by atoms with van der Waals surface area (Å²) >= 11 is 0. The number of nitrogens with zero attached hydrogens (tertiary/aromatic N) is 3. The van der Waals surface area contributed by atoms with Gasteiger partial charge in [-0.2, -0.15) is 0 Å². The third-order valence-corrected chi connectivity index (χ3v) is 3.32. The number of ether oxygens (including phenoxy) is 1. The Balaban J connectivity index is 2.64. The number of carbonyl (C=O) groups excluding carboxylic acids is 1. The lowest BCUT2D eigenvalue weighted by atomic mass is 10.1. The van der Waals surface area contributed by atoms with Gasteiger partial charge in [-0.25, -0.2) is 4.79 Å². The lowest BCUT2D eigenvalue weighted by Crippen LogP contribution is -2.44. The number of rotatable bonds is 4. The van der Waals surface area contributed by atoms with Crippen LogP contribution in [0.25, 0.3) is 0 Å². The lowest BCUT2D eigenvalue weighted by Gasteiger charge is -2.28. The maximum Gasteiger partial charge on any atom is 0.338 e. The summed E-state index contributed by atoms with van der Waals surface area (Å²) in [5.41, 5.74) is -1.25. The Morgan fingerprint density at radius 3 is 2.09 bits per heavy atom. The molecule has 1 aliphatic rings. The van der Waals surface area contributed by atoms with Gasteiger partial charge in [-0.3, -0.25) is 20.2 Å². The van der Waals surface area contributed by atoms with Gasteiger partial charge in [0.25, 0.3) is 0 Å². The van der Waals surface area contributed by atoms with Gasteiger partial charge in [0, 0.05) is 38.3 Å². The molecule has 10 heteroatoms. The molecule has 22 heavy (non-hydrogen) atoms. The molecule has 0 saturated carbocycles. The Morgan fingerprint density at radius 1 is 1.18 bits per heavy atom. The maximum absolute atomic E-state index is 11.6. The Morgan fingerprint density at radius 2 is 1.68 bits per heavy atom. The normalized spacial score (nSPS) is 14.5. The van der Waals surface area contributed by atoms with Crippen molar-refractivity contribution in [3.63, 3.8) is 0 Å². The van der Waals surface area contributed by atoms with Crippen LogP contribution in [0.5, 0.6) is 0 Å². The molecule has 2 rings (SSSR count). The fourth-order valence-corrected chi connectivity index (χ4v) is 2.33. The van der Waals surface area contributed by atoms with E-state index in [9.17, 15) is 25.0 Å². The zero-order valence-corrected chi connectivity index (χ0v) is 11.8. The van der Waals surface area contributed by atoms with Gasteiger partial charge in [0.05, 0.1) is 22.5 Å². The highest BCUT2D eigenvalue weighted by molar-refractivity contribution is 5.94. The molecule has 10 nitrogen and oxygen atoms in total.